The van der Waals surface area contributed by atoms with Gasteiger partial charge in [-0.2, -0.15) is 0 Å². The van der Waals surface area contributed by atoms with E-state index < -0.39 is 23.0 Å². The molecule has 34 heavy (non-hydrogen) atoms. The summed E-state index contributed by atoms with van der Waals surface area (Å²) < 4.78 is 42.4. The molecule has 0 bridgehead atoms. The smallest absolute Gasteiger partial charge is 0.281 e. The van der Waals surface area contributed by atoms with Gasteiger partial charge in [-0.25, -0.2) is 22.8 Å². The van der Waals surface area contributed by atoms with Gasteiger partial charge in [-0.1, -0.05) is 17.3 Å². The summed E-state index contributed by atoms with van der Waals surface area (Å²) in [5.74, 6) is -2.10. The van der Waals surface area contributed by atoms with Crippen LogP contribution in [0.5, 0.6) is 0 Å². The average molecular weight is 468 g/mol. The third-order valence-electron chi connectivity index (χ3n) is 5.92. The highest BCUT2D eigenvalue weighted by atomic mass is 19.1. The van der Waals surface area contributed by atoms with Gasteiger partial charge in [0.05, 0.1) is 12.1 Å². The Hall–Kier alpha value is -4.02. The SMILES string of the molecule is O=C(c1ccccc1F)N1CCC(c2nc3c(nnn3Cc3cc(F)cc(F)c3)c(=O)[nH]2)CC1. The third kappa shape index (κ3) is 4.16. The summed E-state index contributed by atoms with van der Waals surface area (Å²) in [4.78, 5) is 34.1. The van der Waals surface area contributed by atoms with Crippen LogP contribution in [0.2, 0.25) is 0 Å². The number of hydrogen-bond donors (Lipinski definition) is 1. The number of nitrogens with zero attached hydrogens (tertiary/aromatic N) is 5. The number of halogens is 3. The molecular weight excluding hydrogens is 449 g/mol. The van der Waals surface area contributed by atoms with Gasteiger partial charge in [0.25, 0.3) is 11.5 Å². The van der Waals surface area contributed by atoms with E-state index in [1.807, 2.05) is 0 Å². The predicted molar refractivity (Wildman–Crippen MR) is 116 cm³/mol. The molecule has 1 aliphatic heterocycles. The largest absolute Gasteiger partial charge is 0.339 e. The molecule has 11 heteroatoms. The lowest BCUT2D eigenvalue weighted by atomic mass is 9.95. The van der Waals surface area contributed by atoms with E-state index in [0.29, 0.717) is 37.3 Å². The van der Waals surface area contributed by atoms with E-state index in [1.54, 1.807) is 11.0 Å². The van der Waals surface area contributed by atoms with Crippen LogP contribution in [0.15, 0.2) is 47.3 Å². The van der Waals surface area contributed by atoms with Gasteiger partial charge < -0.3 is 9.88 Å². The summed E-state index contributed by atoms with van der Waals surface area (Å²) >= 11 is 0. The van der Waals surface area contributed by atoms with E-state index in [-0.39, 0.29) is 35.1 Å². The number of rotatable bonds is 4. The first-order valence-electron chi connectivity index (χ1n) is 10.7. The molecule has 2 aromatic carbocycles. The Labute approximate surface area is 191 Å². The molecule has 1 aliphatic rings. The Kier molecular flexibility index (Phi) is 5.60. The maximum Gasteiger partial charge on any atom is 0.281 e. The Balaban J connectivity index is 1.36. The first-order valence-corrected chi connectivity index (χ1v) is 10.7. The Morgan fingerprint density at radius 3 is 2.47 bits per heavy atom. The van der Waals surface area contributed by atoms with Crippen LogP contribution in [-0.2, 0) is 6.54 Å². The van der Waals surface area contributed by atoms with Gasteiger partial charge in [-0.3, -0.25) is 9.59 Å². The Morgan fingerprint density at radius 1 is 1.06 bits per heavy atom. The molecule has 3 heterocycles. The molecule has 4 aromatic rings. The molecule has 0 saturated carbocycles. The molecule has 1 amide bonds. The van der Waals surface area contributed by atoms with Gasteiger partial charge in [-0.15, -0.1) is 5.10 Å². The predicted octanol–water partition coefficient (Wildman–Crippen LogP) is 3.00. The van der Waals surface area contributed by atoms with Crippen molar-refractivity contribution in [2.45, 2.75) is 25.3 Å². The number of amides is 1. The normalized spacial score (nSPS) is 14.6. The number of hydrogen-bond acceptors (Lipinski definition) is 5. The van der Waals surface area contributed by atoms with E-state index in [4.69, 9.17) is 0 Å². The molecule has 2 aromatic heterocycles. The topological polar surface area (TPSA) is 96.8 Å². The highest BCUT2D eigenvalue weighted by molar-refractivity contribution is 5.94. The van der Waals surface area contributed by atoms with Gasteiger partial charge in [-0.05, 0) is 42.7 Å². The monoisotopic (exact) mass is 468 g/mol. The molecule has 0 atom stereocenters. The number of carbonyl (C=O) groups excluding carboxylic acids is 1. The summed E-state index contributed by atoms with van der Waals surface area (Å²) in [5.41, 5.74) is 0.0909. The number of likely N-dealkylation sites (tertiary alicyclic amines) is 1. The van der Waals surface area contributed by atoms with Crippen molar-refractivity contribution in [3.8, 4) is 0 Å². The van der Waals surface area contributed by atoms with Crippen molar-refractivity contribution >= 4 is 17.1 Å². The van der Waals surface area contributed by atoms with Gasteiger partial charge in [0, 0.05) is 25.1 Å². The number of piperidine rings is 1. The molecule has 0 radical (unpaired) electrons. The molecule has 1 fully saturated rings. The fourth-order valence-corrected chi connectivity index (χ4v) is 4.22. The summed E-state index contributed by atoms with van der Waals surface area (Å²) in [6, 6.07) is 8.96. The number of aromatic nitrogens is 5. The van der Waals surface area contributed by atoms with Crippen LogP contribution in [0.25, 0.3) is 11.2 Å². The summed E-state index contributed by atoms with van der Waals surface area (Å²) in [5, 5.41) is 7.78. The van der Waals surface area contributed by atoms with E-state index in [2.05, 4.69) is 20.3 Å². The number of benzene rings is 2. The van der Waals surface area contributed by atoms with Gasteiger partial charge in [0.2, 0.25) is 0 Å². The average Bonchev–Trinajstić information content (AvgIpc) is 3.21. The van der Waals surface area contributed by atoms with Crippen molar-refractivity contribution in [3.05, 3.63) is 87.2 Å². The number of H-pyrrole nitrogens is 1. The summed E-state index contributed by atoms with van der Waals surface area (Å²) in [7, 11) is 0. The van der Waals surface area contributed by atoms with Crippen LogP contribution in [0.1, 0.15) is 40.5 Å². The lowest BCUT2D eigenvalue weighted by molar-refractivity contribution is 0.0706. The van der Waals surface area contributed by atoms with E-state index in [9.17, 15) is 22.8 Å². The van der Waals surface area contributed by atoms with Crippen molar-refractivity contribution in [1.29, 1.82) is 0 Å². The van der Waals surface area contributed by atoms with Crippen LogP contribution >= 0.6 is 0 Å². The lowest BCUT2D eigenvalue weighted by Gasteiger charge is -2.31. The second kappa shape index (κ2) is 8.73. The molecule has 0 aliphatic carbocycles. The van der Waals surface area contributed by atoms with Crippen molar-refractivity contribution in [2.24, 2.45) is 0 Å². The minimum absolute atomic E-state index is 0.0172. The molecule has 1 saturated heterocycles. The first-order chi connectivity index (χ1) is 16.4. The fourth-order valence-electron chi connectivity index (χ4n) is 4.22. The zero-order valence-corrected chi connectivity index (χ0v) is 17.8. The Bertz CT molecular complexity index is 1420. The molecule has 1 N–H and O–H groups in total. The fraction of sp³-hybridized carbons (Fsp3) is 0.261. The minimum atomic E-state index is -0.720. The van der Waals surface area contributed by atoms with E-state index in [0.717, 1.165) is 6.07 Å². The van der Waals surface area contributed by atoms with Gasteiger partial charge in [0.15, 0.2) is 11.2 Å². The molecule has 8 nitrogen and oxygen atoms in total. The number of fused-ring (bicyclic) bond motifs is 1. The maximum atomic E-state index is 14.0. The van der Waals surface area contributed by atoms with Gasteiger partial charge >= 0.3 is 0 Å². The molecule has 0 spiro atoms. The van der Waals surface area contributed by atoms with Crippen LogP contribution < -0.4 is 5.56 Å². The van der Waals surface area contributed by atoms with Gasteiger partial charge in [0.1, 0.15) is 23.3 Å². The second-order valence-electron chi connectivity index (χ2n) is 8.19. The second-order valence-corrected chi connectivity index (χ2v) is 8.19. The molecule has 5 rings (SSSR count). The minimum Gasteiger partial charge on any atom is -0.339 e. The third-order valence-corrected chi connectivity index (χ3v) is 5.92. The zero-order valence-electron chi connectivity index (χ0n) is 17.8. The number of carbonyl (C=O) groups is 1. The van der Waals surface area contributed by atoms with Crippen molar-refractivity contribution in [3.63, 3.8) is 0 Å². The highest BCUT2D eigenvalue weighted by Gasteiger charge is 2.28. The molecule has 174 valence electrons. The quantitative estimate of drug-likeness (QED) is 0.497. The lowest BCUT2D eigenvalue weighted by Crippen LogP contribution is -2.38. The zero-order chi connectivity index (χ0) is 23.8. The van der Waals surface area contributed by atoms with Crippen molar-refractivity contribution in [2.75, 3.05) is 13.1 Å². The van der Waals surface area contributed by atoms with E-state index in [1.165, 1.54) is 35.0 Å². The van der Waals surface area contributed by atoms with E-state index >= 15 is 0 Å². The maximum absolute atomic E-state index is 14.0. The Morgan fingerprint density at radius 2 is 1.76 bits per heavy atom. The van der Waals surface area contributed by atoms with Crippen molar-refractivity contribution in [1.82, 2.24) is 29.9 Å². The standard InChI is InChI=1S/C23H19F3N6O2/c24-15-9-13(10-16(25)11-15)12-32-21-19(29-30-32)22(33)28-20(27-21)14-5-7-31(8-6-14)23(34)17-3-1-2-4-18(17)26/h1-4,9-11,14H,5-8,12H2,(H,27,28,33). The number of aromatic amines is 1. The summed E-state index contributed by atoms with van der Waals surface area (Å²) in [6.07, 6.45) is 1.04. The van der Waals surface area contributed by atoms with Crippen LogP contribution in [0.3, 0.4) is 0 Å². The van der Waals surface area contributed by atoms with Crippen LogP contribution in [0, 0.1) is 17.5 Å². The first kappa shape index (κ1) is 21.8. The molecule has 0 unspecified atom stereocenters. The van der Waals surface area contributed by atoms with Crippen LogP contribution in [0.4, 0.5) is 13.2 Å². The summed E-state index contributed by atoms with van der Waals surface area (Å²) in [6.45, 7) is 0.732. The van der Waals surface area contributed by atoms with Crippen molar-refractivity contribution < 1.29 is 18.0 Å². The molecular formula is C23H19F3N6O2. The number of nitrogens with one attached hydrogen (secondary N) is 1. The highest BCUT2D eigenvalue weighted by Crippen LogP contribution is 2.27. The van der Waals surface area contributed by atoms with Crippen LogP contribution in [-0.4, -0.2) is 48.9 Å².